The van der Waals surface area contributed by atoms with Crippen LogP contribution >= 0.6 is 24.2 Å². The molecule has 0 amide bonds. The lowest BCUT2D eigenvalue weighted by molar-refractivity contribution is 1.15. The molecule has 0 spiro atoms. The molecule has 0 radical (unpaired) electrons. The molecule has 0 unspecified atom stereocenters. The van der Waals surface area contributed by atoms with Crippen molar-refractivity contribution in [2.75, 3.05) is 0 Å². The largest absolute Gasteiger partial charge is 0.174 e. The van der Waals surface area contributed by atoms with Crippen LogP contribution in [0.1, 0.15) is 4.88 Å². The zero-order chi connectivity index (χ0) is 5.11. The van der Waals surface area contributed by atoms with Gasteiger partial charge in [0.25, 0.3) is 0 Å². The van der Waals surface area contributed by atoms with Crippen LogP contribution in [0, 0.1) is 0 Å². The maximum Gasteiger partial charge on any atom is 0.0661 e. The van der Waals surface area contributed by atoms with Gasteiger partial charge in [-0.1, -0.05) is 4.49 Å². The lowest BCUT2D eigenvalue weighted by Gasteiger charge is -1.73. The monoisotopic (exact) mass is 132 g/mol. The van der Waals surface area contributed by atoms with Crippen molar-refractivity contribution >= 4 is 24.2 Å². The molecule has 38 valence electrons. The first-order valence-electron chi connectivity index (χ1n) is 1.80. The summed E-state index contributed by atoms with van der Waals surface area (Å²) in [4.78, 5) is 1.11. The number of rotatable bonds is 1. The molecule has 4 heteroatoms. The summed E-state index contributed by atoms with van der Waals surface area (Å²) in [7, 11) is 0. The topological polar surface area (TPSA) is 25.8 Å². The van der Waals surface area contributed by atoms with Crippen LogP contribution in [0.3, 0.4) is 0 Å². The molecule has 1 aromatic heterocycles. The minimum Gasteiger partial charge on any atom is -0.174 e. The number of hydrogen-bond donors (Lipinski definition) is 1. The molecule has 0 aliphatic heterocycles. The third-order valence-electron chi connectivity index (χ3n) is 0.563. The van der Waals surface area contributed by atoms with Crippen LogP contribution < -0.4 is 0 Å². The SMILES string of the molecule is SCc1cnns1. The Labute approximate surface area is 51.1 Å². The van der Waals surface area contributed by atoms with Crippen LogP contribution in [0.15, 0.2) is 6.20 Å². The Kier molecular flexibility index (Phi) is 1.64. The van der Waals surface area contributed by atoms with Crippen LogP contribution in [0.2, 0.25) is 0 Å². The van der Waals surface area contributed by atoms with Crippen LogP contribution in [-0.4, -0.2) is 9.59 Å². The molecule has 1 rings (SSSR count). The normalized spacial score (nSPS) is 9.29. The maximum atomic E-state index is 4.01. The first kappa shape index (κ1) is 5.05. The molecule has 0 aliphatic rings. The van der Waals surface area contributed by atoms with Gasteiger partial charge in [0.1, 0.15) is 0 Å². The van der Waals surface area contributed by atoms with E-state index in [0.717, 1.165) is 10.6 Å². The van der Waals surface area contributed by atoms with Crippen molar-refractivity contribution in [3.8, 4) is 0 Å². The third kappa shape index (κ3) is 1.14. The van der Waals surface area contributed by atoms with Gasteiger partial charge in [-0.2, -0.15) is 12.6 Å². The van der Waals surface area contributed by atoms with Crippen LogP contribution in [0.4, 0.5) is 0 Å². The van der Waals surface area contributed by atoms with E-state index in [-0.39, 0.29) is 0 Å². The summed E-state index contributed by atoms with van der Waals surface area (Å²) in [5, 5.41) is 3.61. The van der Waals surface area contributed by atoms with E-state index in [0.29, 0.717) is 0 Å². The summed E-state index contributed by atoms with van der Waals surface area (Å²) in [6, 6.07) is 0. The van der Waals surface area contributed by atoms with Gasteiger partial charge in [-0.05, 0) is 11.5 Å². The Morgan fingerprint density at radius 1 is 1.86 bits per heavy atom. The van der Waals surface area contributed by atoms with Gasteiger partial charge in [0.15, 0.2) is 0 Å². The summed E-state index contributed by atoms with van der Waals surface area (Å²) in [6.45, 7) is 0. The Morgan fingerprint density at radius 3 is 3.00 bits per heavy atom. The van der Waals surface area contributed by atoms with Gasteiger partial charge in [-0.15, -0.1) is 5.10 Å². The standard InChI is InChI=1S/C3H4N2S2/c6-2-3-1-4-5-7-3/h1,6H,2H2. The number of aromatic nitrogens is 2. The van der Waals surface area contributed by atoms with E-state index in [1.165, 1.54) is 11.5 Å². The van der Waals surface area contributed by atoms with E-state index in [1.807, 2.05) is 0 Å². The zero-order valence-electron chi connectivity index (χ0n) is 3.53. The average molecular weight is 132 g/mol. The van der Waals surface area contributed by atoms with Crippen molar-refractivity contribution in [1.29, 1.82) is 0 Å². The Hall–Kier alpha value is -0.0900. The van der Waals surface area contributed by atoms with Gasteiger partial charge in [0, 0.05) is 5.75 Å². The fraction of sp³-hybridized carbons (Fsp3) is 0.333. The van der Waals surface area contributed by atoms with Gasteiger partial charge in [-0.3, -0.25) is 0 Å². The Bertz CT molecular complexity index is 125. The number of nitrogens with zero attached hydrogens (tertiary/aromatic N) is 2. The molecule has 0 aromatic carbocycles. The molecule has 0 fully saturated rings. The highest BCUT2D eigenvalue weighted by Crippen LogP contribution is 2.03. The Morgan fingerprint density at radius 2 is 2.71 bits per heavy atom. The summed E-state index contributed by atoms with van der Waals surface area (Å²) in [6.07, 6.45) is 1.72. The highest BCUT2D eigenvalue weighted by molar-refractivity contribution is 7.79. The number of hydrogen-bond acceptors (Lipinski definition) is 4. The molecular formula is C3H4N2S2. The second kappa shape index (κ2) is 2.28. The molecule has 2 nitrogen and oxygen atoms in total. The van der Waals surface area contributed by atoms with Crippen LogP contribution in [0.25, 0.3) is 0 Å². The van der Waals surface area contributed by atoms with E-state index in [1.54, 1.807) is 6.20 Å². The summed E-state index contributed by atoms with van der Waals surface area (Å²) in [5.41, 5.74) is 0. The van der Waals surface area contributed by atoms with Crippen molar-refractivity contribution in [1.82, 2.24) is 9.59 Å². The quantitative estimate of drug-likeness (QED) is 0.576. The van der Waals surface area contributed by atoms with E-state index in [4.69, 9.17) is 0 Å². The highest BCUT2D eigenvalue weighted by Gasteiger charge is 1.86. The fourth-order valence-electron chi connectivity index (χ4n) is 0.257. The summed E-state index contributed by atoms with van der Waals surface area (Å²) in [5.74, 6) is 0.748. The molecule has 0 saturated carbocycles. The molecule has 0 aliphatic carbocycles. The number of thiol groups is 1. The summed E-state index contributed by atoms with van der Waals surface area (Å²) < 4.78 is 3.64. The van der Waals surface area contributed by atoms with Gasteiger partial charge >= 0.3 is 0 Å². The van der Waals surface area contributed by atoms with Gasteiger partial charge < -0.3 is 0 Å². The van der Waals surface area contributed by atoms with Gasteiger partial charge in [0.05, 0.1) is 11.1 Å². The summed E-state index contributed by atoms with van der Waals surface area (Å²) >= 11 is 5.39. The highest BCUT2D eigenvalue weighted by atomic mass is 32.1. The van der Waals surface area contributed by atoms with E-state index >= 15 is 0 Å². The first-order valence-corrected chi connectivity index (χ1v) is 3.21. The first-order chi connectivity index (χ1) is 3.43. The van der Waals surface area contributed by atoms with Crippen LogP contribution in [0.5, 0.6) is 0 Å². The van der Waals surface area contributed by atoms with Crippen molar-refractivity contribution in [2.45, 2.75) is 5.75 Å². The van der Waals surface area contributed by atoms with Crippen molar-refractivity contribution in [2.24, 2.45) is 0 Å². The minimum atomic E-state index is 0.748. The molecule has 0 bridgehead atoms. The van der Waals surface area contributed by atoms with Gasteiger partial charge in [0.2, 0.25) is 0 Å². The van der Waals surface area contributed by atoms with Crippen LogP contribution in [-0.2, 0) is 5.75 Å². The molecular weight excluding hydrogens is 128 g/mol. The van der Waals surface area contributed by atoms with E-state index in [9.17, 15) is 0 Å². The predicted octanol–water partition coefficient (Wildman–Crippen LogP) is 0.968. The second-order valence-electron chi connectivity index (χ2n) is 1.04. The predicted molar refractivity (Wildman–Crippen MR) is 32.6 cm³/mol. The second-order valence-corrected chi connectivity index (χ2v) is 2.23. The lowest BCUT2D eigenvalue weighted by Crippen LogP contribution is -1.61. The maximum absolute atomic E-state index is 4.01. The molecule has 7 heavy (non-hydrogen) atoms. The smallest absolute Gasteiger partial charge is 0.0661 e. The third-order valence-corrected chi connectivity index (χ3v) is 1.78. The Balaban J connectivity index is 2.76. The van der Waals surface area contributed by atoms with Crippen molar-refractivity contribution in [3.05, 3.63) is 11.1 Å². The molecule has 0 N–H and O–H groups in total. The minimum absolute atomic E-state index is 0.748. The lowest BCUT2D eigenvalue weighted by atomic mass is 10.6. The van der Waals surface area contributed by atoms with E-state index < -0.39 is 0 Å². The van der Waals surface area contributed by atoms with Crippen molar-refractivity contribution in [3.63, 3.8) is 0 Å². The van der Waals surface area contributed by atoms with E-state index in [2.05, 4.69) is 22.2 Å². The molecule has 0 saturated heterocycles. The average Bonchev–Trinajstić information content (AvgIpc) is 2.14. The molecule has 1 heterocycles. The van der Waals surface area contributed by atoms with Crippen molar-refractivity contribution < 1.29 is 0 Å². The molecule has 1 aromatic rings. The zero-order valence-corrected chi connectivity index (χ0v) is 5.25. The van der Waals surface area contributed by atoms with Gasteiger partial charge in [-0.25, -0.2) is 0 Å². The molecule has 0 atom stereocenters. The fourth-order valence-corrected chi connectivity index (χ4v) is 0.863.